The second kappa shape index (κ2) is 6.71. The van der Waals surface area contributed by atoms with Crippen LogP contribution in [0.25, 0.3) is 28.1 Å². The lowest BCUT2D eigenvalue weighted by molar-refractivity contribution is -0.117. The summed E-state index contributed by atoms with van der Waals surface area (Å²) in [6.07, 6.45) is 3.87. The normalized spacial score (nSPS) is 15.8. The molecule has 130 valence electrons. The van der Waals surface area contributed by atoms with Gasteiger partial charge in [-0.2, -0.15) is 0 Å². The number of rotatable bonds is 4. The number of primary amides is 1. The molecule has 4 N–H and O–H groups in total. The highest BCUT2D eigenvalue weighted by atomic mass is 32.2. The van der Waals surface area contributed by atoms with E-state index >= 15 is 0 Å². The Morgan fingerprint density at radius 2 is 2.12 bits per heavy atom. The fourth-order valence-electron chi connectivity index (χ4n) is 2.82. The maximum atomic E-state index is 11.8. The largest absolute Gasteiger partial charge is 0.369 e. The van der Waals surface area contributed by atoms with Gasteiger partial charge in [0.2, 0.25) is 5.91 Å². The SMILES string of the molecule is NC(=O)Cc1c[nH]c2ccc(-c3csc(/C=C4\SC(=S)NC4=O)c3)cc12. The molecule has 3 aromatic rings. The van der Waals surface area contributed by atoms with Crippen LogP contribution >= 0.6 is 35.3 Å². The molecule has 3 heterocycles. The van der Waals surface area contributed by atoms with Crippen molar-refractivity contribution >= 4 is 68.4 Å². The highest BCUT2D eigenvalue weighted by Crippen LogP contribution is 2.33. The molecule has 4 rings (SSSR count). The van der Waals surface area contributed by atoms with Gasteiger partial charge < -0.3 is 16.0 Å². The zero-order valence-corrected chi connectivity index (χ0v) is 15.8. The number of aromatic nitrogens is 1. The smallest absolute Gasteiger partial charge is 0.263 e. The number of benzene rings is 1. The number of hydrogen-bond donors (Lipinski definition) is 3. The zero-order valence-electron chi connectivity index (χ0n) is 13.4. The summed E-state index contributed by atoms with van der Waals surface area (Å²) in [6.45, 7) is 0. The molecule has 1 aliphatic rings. The summed E-state index contributed by atoms with van der Waals surface area (Å²) >= 11 is 7.84. The molecule has 1 aromatic carbocycles. The molecule has 0 radical (unpaired) electrons. The van der Waals surface area contributed by atoms with Gasteiger partial charge in [0.05, 0.1) is 11.3 Å². The lowest BCUT2D eigenvalue weighted by Crippen LogP contribution is -2.17. The third kappa shape index (κ3) is 3.31. The maximum Gasteiger partial charge on any atom is 0.263 e. The van der Waals surface area contributed by atoms with Crippen molar-refractivity contribution in [3.63, 3.8) is 0 Å². The molecule has 1 fully saturated rings. The lowest BCUT2D eigenvalue weighted by Gasteiger charge is -2.00. The van der Waals surface area contributed by atoms with Crippen LogP contribution in [0, 0.1) is 0 Å². The number of thiocarbonyl (C=S) groups is 1. The molecule has 2 amide bonds. The van der Waals surface area contributed by atoms with Crippen molar-refractivity contribution in [3.05, 3.63) is 51.2 Å². The molecule has 2 aromatic heterocycles. The van der Waals surface area contributed by atoms with Crippen molar-refractivity contribution in [1.29, 1.82) is 0 Å². The fourth-order valence-corrected chi connectivity index (χ4v) is 4.78. The Morgan fingerprint density at radius 1 is 1.27 bits per heavy atom. The number of aromatic amines is 1. The Balaban J connectivity index is 1.67. The minimum absolute atomic E-state index is 0.153. The summed E-state index contributed by atoms with van der Waals surface area (Å²) in [4.78, 5) is 27.8. The van der Waals surface area contributed by atoms with Crippen LogP contribution in [0.5, 0.6) is 0 Å². The van der Waals surface area contributed by atoms with Gasteiger partial charge in [0.15, 0.2) is 0 Å². The van der Waals surface area contributed by atoms with E-state index in [0.29, 0.717) is 9.23 Å². The molecule has 26 heavy (non-hydrogen) atoms. The monoisotopic (exact) mass is 399 g/mol. The van der Waals surface area contributed by atoms with Crippen LogP contribution in [0.3, 0.4) is 0 Å². The number of amides is 2. The summed E-state index contributed by atoms with van der Waals surface area (Å²) in [6, 6.07) is 8.10. The molecule has 1 aliphatic heterocycles. The lowest BCUT2D eigenvalue weighted by atomic mass is 10.0. The summed E-state index contributed by atoms with van der Waals surface area (Å²) in [5.74, 6) is -0.509. The van der Waals surface area contributed by atoms with E-state index in [1.54, 1.807) is 11.3 Å². The average molecular weight is 400 g/mol. The summed E-state index contributed by atoms with van der Waals surface area (Å²) in [7, 11) is 0. The highest BCUT2D eigenvalue weighted by molar-refractivity contribution is 8.26. The molecule has 1 saturated heterocycles. The van der Waals surface area contributed by atoms with E-state index in [4.69, 9.17) is 18.0 Å². The van der Waals surface area contributed by atoms with E-state index < -0.39 is 0 Å². The first-order chi connectivity index (χ1) is 12.5. The standard InChI is InChI=1S/C18H13N3O2S3/c19-16(22)5-10-7-20-14-2-1-9(4-13(10)14)11-3-12(25-8-11)6-15-17(23)21-18(24)26-15/h1-4,6-8,20H,5H2,(H2,19,22)(H,21,23,24)/b15-6-. The molecule has 0 saturated carbocycles. The van der Waals surface area contributed by atoms with Crippen molar-refractivity contribution in [1.82, 2.24) is 10.3 Å². The summed E-state index contributed by atoms with van der Waals surface area (Å²) in [5, 5.41) is 5.65. The number of carbonyl (C=O) groups is 2. The summed E-state index contributed by atoms with van der Waals surface area (Å²) in [5.41, 5.74) is 9.28. The van der Waals surface area contributed by atoms with Gasteiger partial charge >= 0.3 is 0 Å². The molecule has 5 nitrogen and oxygen atoms in total. The van der Waals surface area contributed by atoms with Gasteiger partial charge in [-0.1, -0.05) is 30.0 Å². The van der Waals surface area contributed by atoms with E-state index in [2.05, 4.69) is 16.4 Å². The van der Waals surface area contributed by atoms with Crippen LogP contribution in [-0.2, 0) is 16.0 Å². The van der Waals surface area contributed by atoms with Gasteiger partial charge in [0.1, 0.15) is 4.32 Å². The zero-order chi connectivity index (χ0) is 18.3. The van der Waals surface area contributed by atoms with Crippen LogP contribution in [0.15, 0.2) is 40.7 Å². The van der Waals surface area contributed by atoms with E-state index in [1.807, 2.05) is 35.9 Å². The van der Waals surface area contributed by atoms with E-state index in [1.165, 1.54) is 11.8 Å². The number of fused-ring (bicyclic) bond motifs is 1. The second-order valence-corrected chi connectivity index (χ2v) is 8.47. The Labute approximate surface area is 162 Å². The molecule has 0 aliphatic carbocycles. The Morgan fingerprint density at radius 3 is 2.85 bits per heavy atom. The molecular weight excluding hydrogens is 386 g/mol. The number of hydrogen-bond acceptors (Lipinski definition) is 5. The third-order valence-corrected chi connectivity index (χ3v) is 6.04. The molecule has 0 unspecified atom stereocenters. The molecule has 0 spiro atoms. The topological polar surface area (TPSA) is 88.0 Å². The van der Waals surface area contributed by atoms with Gasteiger partial charge in [0, 0.05) is 22.0 Å². The van der Waals surface area contributed by atoms with Gasteiger partial charge in [-0.05, 0) is 46.3 Å². The number of thioether (sulfide) groups is 1. The van der Waals surface area contributed by atoms with Crippen LogP contribution < -0.4 is 11.1 Å². The number of nitrogens with one attached hydrogen (secondary N) is 2. The van der Waals surface area contributed by atoms with Crippen LogP contribution in [-0.4, -0.2) is 21.1 Å². The second-order valence-electron chi connectivity index (χ2n) is 5.81. The predicted octanol–water partition coefficient (Wildman–Crippen LogP) is 3.41. The number of nitrogens with two attached hydrogens (primary N) is 1. The average Bonchev–Trinajstić information content (AvgIpc) is 3.28. The van der Waals surface area contributed by atoms with Crippen molar-refractivity contribution in [3.8, 4) is 11.1 Å². The van der Waals surface area contributed by atoms with E-state index in [-0.39, 0.29) is 18.2 Å². The number of carbonyl (C=O) groups excluding carboxylic acids is 2. The van der Waals surface area contributed by atoms with Crippen molar-refractivity contribution in [2.45, 2.75) is 6.42 Å². The molecule has 8 heteroatoms. The van der Waals surface area contributed by atoms with Crippen LogP contribution in [0.4, 0.5) is 0 Å². The van der Waals surface area contributed by atoms with Crippen molar-refractivity contribution in [2.75, 3.05) is 0 Å². The Hall–Kier alpha value is -2.42. The van der Waals surface area contributed by atoms with Crippen LogP contribution in [0.2, 0.25) is 0 Å². The Bertz CT molecular complexity index is 1090. The fraction of sp³-hybridized carbons (Fsp3) is 0.0556. The number of thiophene rings is 1. The first-order valence-electron chi connectivity index (χ1n) is 7.71. The van der Waals surface area contributed by atoms with Crippen LogP contribution in [0.1, 0.15) is 10.4 Å². The highest BCUT2D eigenvalue weighted by Gasteiger charge is 2.22. The quantitative estimate of drug-likeness (QED) is 0.463. The van der Waals surface area contributed by atoms with E-state index in [9.17, 15) is 9.59 Å². The predicted molar refractivity (Wildman–Crippen MR) is 111 cm³/mol. The molecule has 0 bridgehead atoms. The number of H-pyrrole nitrogens is 1. The van der Waals surface area contributed by atoms with Gasteiger partial charge in [0.25, 0.3) is 5.91 Å². The van der Waals surface area contributed by atoms with Gasteiger partial charge in [-0.15, -0.1) is 11.3 Å². The molecule has 0 atom stereocenters. The van der Waals surface area contributed by atoms with E-state index in [0.717, 1.165) is 32.5 Å². The van der Waals surface area contributed by atoms with Crippen molar-refractivity contribution in [2.24, 2.45) is 5.73 Å². The first kappa shape index (κ1) is 17.0. The maximum absolute atomic E-state index is 11.8. The Kier molecular flexibility index (Phi) is 4.39. The van der Waals surface area contributed by atoms with Crippen molar-refractivity contribution < 1.29 is 9.59 Å². The third-order valence-electron chi connectivity index (χ3n) is 4.00. The van der Waals surface area contributed by atoms with Gasteiger partial charge in [-0.3, -0.25) is 9.59 Å². The summed E-state index contributed by atoms with van der Waals surface area (Å²) < 4.78 is 0.484. The van der Waals surface area contributed by atoms with Gasteiger partial charge in [-0.25, -0.2) is 0 Å². The first-order valence-corrected chi connectivity index (χ1v) is 9.82. The minimum Gasteiger partial charge on any atom is -0.369 e. The molecular formula is C18H13N3O2S3. The minimum atomic E-state index is -0.356.